The summed E-state index contributed by atoms with van der Waals surface area (Å²) >= 11 is 1.41. The van der Waals surface area contributed by atoms with E-state index in [1.54, 1.807) is 6.92 Å². The standard InChI is InChI=1S/C35H67O9PS/c1-3-4-5-6-7-8-9-10-12-16-19-22-25-28-35(38)44-33(31-43-45(39,40)41)30-42-34(37)27-24-21-18-15-13-11-14-17-20-23-26-29-46-32(2)36/h33H,3-31H2,1-2H3,(H2,39,40,41)/t33-/m1/s1. The zero-order valence-corrected chi connectivity index (χ0v) is 30.9. The summed E-state index contributed by atoms with van der Waals surface area (Å²) in [4.78, 5) is 53.5. The Balaban J connectivity index is 3.92. The van der Waals surface area contributed by atoms with E-state index in [9.17, 15) is 18.9 Å². The fourth-order valence-electron chi connectivity index (χ4n) is 5.26. The minimum atomic E-state index is -4.75. The summed E-state index contributed by atoms with van der Waals surface area (Å²) in [7, 11) is -4.75. The number of esters is 2. The average Bonchev–Trinajstić information content (AvgIpc) is 3.00. The van der Waals surface area contributed by atoms with Gasteiger partial charge in [-0.15, -0.1) is 0 Å². The number of hydrogen-bond acceptors (Lipinski definition) is 8. The minimum Gasteiger partial charge on any atom is -0.462 e. The highest BCUT2D eigenvalue weighted by atomic mass is 32.2. The van der Waals surface area contributed by atoms with Crippen LogP contribution in [0.5, 0.6) is 0 Å². The highest BCUT2D eigenvalue weighted by molar-refractivity contribution is 8.13. The number of rotatable bonds is 34. The van der Waals surface area contributed by atoms with Crippen LogP contribution in [-0.4, -0.2) is 51.9 Å². The maximum atomic E-state index is 12.3. The van der Waals surface area contributed by atoms with Crippen molar-refractivity contribution in [2.75, 3.05) is 19.0 Å². The van der Waals surface area contributed by atoms with Crippen molar-refractivity contribution in [3.8, 4) is 0 Å². The molecule has 0 spiro atoms. The molecule has 0 aliphatic heterocycles. The molecule has 0 heterocycles. The highest BCUT2D eigenvalue weighted by Gasteiger charge is 2.22. The first kappa shape index (κ1) is 45.1. The van der Waals surface area contributed by atoms with Gasteiger partial charge < -0.3 is 19.3 Å². The highest BCUT2D eigenvalue weighted by Crippen LogP contribution is 2.36. The van der Waals surface area contributed by atoms with Crippen molar-refractivity contribution >= 4 is 36.6 Å². The molecule has 0 amide bonds. The number of phosphoric ester groups is 1. The first-order valence-electron chi connectivity index (χ1n) is 18.3. The largest absolute Gasteiger partial charge is 0.469 e. The molecular formula is C35H67O9PS. The molecule has 2 N–H and O–H groups in total. The van der Waals surface area contributed by atoms with Crippen LogP contribution in [0.4, 0.5) is 0 Å². The first-order valence-corrected chi connectivity index (χ1v) is 20.8. The van der Waals surface area contributed by atoms with E-state index in [2.05, 4.69) is 11.4 Å². The van der Waals surface area contributed by atoms with Crippen LogP contribution in [0.1, 0.15) is 181 Å². The van der Waals surface area contributed by atoms with Gasteiger partial charge in [-0.2, -0.15) is 0 Å². The van der Waals surface area contributed by atoms with Crippen molar-refractivity contribution < 1.29 is 42.7 Å². The molecule has 0 fully saturated rings. The summed E-state index contributed by atoms with van der Waals surface area (Å²) in [5.41, 5.74) is 0. The van der Waals surface area contributed by atoms with Gasteiger partial charge in [0.25, 0.3) is 0 Å². The molecule has 0 bridgehead atoms. The average molecular weight is 695 g/mol. The van der Waals surface area contributed by atoms with Crippen LogP contribution in [0.15, 0.2) is 0 Å². The Labute approximate surface area is 284 Å². The fourth-order valence-corrected chi connectivity index (χ4v) is 6.26. The minimum absolute atomic E-state index is 0.199. The van der Waals surface area contributed by atoms with Gasteiger partial charge >= 0.3 is 19.8 Å². The second kappa shape index (κ2) is 32.6. The number of ether oxygens (including phenoxy) is 2. The van der Waals surface area contributed by atoms with Crippen LogP contribution in [0.3, 0.4) is 0 Å². The van der Waals surface area contributed by atoms with Gasteiger partial charge in [-0.1, -0.05) is 154 Å². The van der Waals surface area contributed by atoms with E-state index in [1.165, 1.54) is 108 Å². The number of carbonyl (C=O) groups excluding carboxylic acids is 3. The van der Waals surface area contributed by atoms with E-state index >= 15 is 0 Å². The molecule has 46 heavy (non-hydrogen) atoms. The van der Waals surface area contributed by atoms with Gasteiger partial charge in [0.15, 0.2) is 11.2 Å². The molecule has 11 heteroatoms. The molecule has 0 aromatic heterocycles. The monoisotopic (exact) mass is 694 g/mol. The summed E-state index contributed by atoms with van der Waals surface area (Å²) in [5.74, 6) is 0.0271. The summed E-state index contributed by atoms with van der Waals surface area (Å²) in [6.45, 7) is 3.02. The molecule has 1 atom stereocenters. The van der Waals surface area contributed by atoms with Crippen LogP contribution in [0.25, 0.3) is 0 Å². The van der Waals surface area contributed by atoms with E-state index in [4.69, 9.17) is 19.3 Å². The SMILES string of the molecule is CCCCCCCCCCCCCCCC(=O)O[C@H](COC(=O)CCCCCCCCCCCCCSC(C)=O)COP(=O)(O)O. The van der Waals surface area contributed by atoms with Crippen LogP contribution >= 0.6 is 19.6 Å². The molecule has 9 nitrogen and oxygen atoms in total. The molecular weight excluding hydrogens is 627 g/mol. The maximum Gasteiger partial charge on any atom is 0.469 e. The van der Waals surface area contributed by atoms with E-state index in [0.717, 1.165) is 50.7 Å². The van der Waals surface area contributed by atoms with Crippen LogP contribution in [0.2, 0.25) is 0 Å². The molecule has 0 aliphatic carbocycles. The smallest absolute Gasteiger partial charge is 0.462 e. The normalized spacial score (nSPS) is 12.3. The third kappa shape index (κ3) is 35.9. The summed E-state index contributed by atoms with van der Waals surface area (Å²) in [6.07, 6.45) is 27.3. The van der Waals surface area contributed by atoms with Gasteiger partial charge in [0, 0.05) is 25.5 Å². The molecule has 0 aliphatic rings. The molecule has 0 saturated carbocycles. The lowest BCUT2D eigenvalue weighted by atomic mass is 10.0. The summed E-state index contributed by atoms with van der Waals surface area (Å²) in [6, 6.07) is 0. The van der Waals surface area contributed by atoms with Gasteiger partial charge in [0.1, 0.15) is 6.61 Å². The first-order chi connectivity index (χ1) is 22.1. The number of phosphoric acid groups is 1. The van der Waals surface area contributed by atoms with Gasteiger partial charge in [-0.3, -0.25) is 18.9 Å². The van der Waals surface area contributed by atoms with Gasteiger partial charge in [0.05, 0.1) is 6.61 Å². The van der Waals surface area contributed by atoms with Crippen LogP contribution in [-0.2, 0) is 32.9 Å². The van der Waals surface area contributed by atoms with Crippen LogP contribution < -0.4 is 0 Å². The van der Waals surface area contributed by atoms with Crippen molar-refractivity contribution in [2.24, 2.45) is 0 Å². The van der Waals surface area contributed by atoms with Crippen molar-refractivity contribution in [3.05, 3.63) is 0 Å². The summed E-state index contributed by atoms with van der Waals surface area (Å²) < 4.78 is 26.3. The van der Waals surface area contributed by atoms with Crippen molar-refractivity contribution in [1.82, 2.24) is 0 Å². The Hall–Kier alpha value is -0.930. The molecule has 0 unspecified atom stereocenters. The molecule has 0 aromatic rings. The van der Waals surface area contributed by atoms with Crippen LogP contribution in [0, 0.1) is 0 Å². The molecule has 272 valence electrons. The Kier molecular flexibility index (Phi) is 31.9. The third-order valence-corrected chi connectivity index (χ3v) is 9.36. The van der Waals surface area contributed by atoms with Gasteiger partial charge in [0.2, 0.25) is 0 Å². The lowest BCUT2D eigenvalue weighted by Gasteiger charge is -2.18. The number of hydrogen-bond donors (Lipinski definition) is 2. The predicted molar refractivity (Wildman–Crippen MR) is 188 cm³/mol. The number of carbonyl (C=O) groups is 3. The van der Waals surface area contributed by atoms with Gasteiger partial charge in [-0.05, 0) is 19.3 Å². The van der Waals surface area contributed by atoms with Crippen molar-refractivity contribution in [3.63, 3.8) is 0 Å². The van der Waals surface area contributed by atoms with E-state index in [1.807, 2.05) is 0 Å². The lowest BCUT2D eigenvalue weighted by Crippen LogP contribution is -2.29. The second-order valence-corrected chi connectivity index (χ2v) is 15.1. The zero-order valence-electron chi connectivity index (χ0n) is 29.2. The third-order valence-electron chi connectivity index (χ3n) is 7.97. The van der Waals surface area contributed by atoms with E-state index in [0.29, 0.717) is 12.8 Å². The molecule has 0 radical (unpaired) electrons. The maximum absolute atomic E-state index is 12.3. The number of unbranched alkanes of at least 4 members (excludes halogenated alkanes) is 22. The second-order valence-electron chi connectivity index (χ2n) is 12.6. The predicted octanol–water partition coefficient (Wildman–Crippen LogP) is 9.99. The quantitative estimate of drug-likeness (QED) is 0.0380. The Morgan fingerprint density at radius 1 is 0.587 bits per heavy atom. The molecule has 0 rings (SSSR count). The summed E-state index contributed by atoms with van der Waals surface area (Å²) in [5, 5.41) is 0.199. The van der Waals surface area contributed by atoms with E-state index in [-0.39, 0.29) is 24.6 Å². The van der Waals surface area contributed by atoms with Crippen molar-refractivity contribution in [2.45, 2.75) is 187 Å². The Bertz CT molecular complexity index is 790. The fraction of sp³-hybridized carbons (Fsp3) is 0.914. The van der Waals surface area contributed by atoms with Crippen molar-refractivity contribution in [1.29, 1.82) is 0 Å². The molecule has 0 aromatic carbocycles. The lowest BCUT2D eigenvalue weighted by molar-refractivity contribution is -0.161. The number of thioether (sulfide) groups is 1. The molecule has 0 saturated heterocycles. The zero-order chi connectivity index (χ0) is 34.1. The topological polar surface area (TPSA) is 136 Å². The Morgan fingerprint density at radius 3 is 1.39 bits per heavy atom. The Morgan fingerprint density at radius 2 is 0.978 bits per heavy atom. The van der Waals surface area contributed by atoms with E-state index < -0.39 is 32.5 Å². The van der Waals surface area contributed by atoms with Gasteiger partial charge in [-0.25, -0.2) is 4.57 Å².